The van der Waals surface area contributed by atoms with E-state index in [1.54, 1.807) is 12.1 Å². The number of likely N-dealkylation sites (N-methyl/N-ethyl adjacent to an activating group) is 1. The third kappa shape index (κ3) is 3.94. The first-order valence-corrected chi connectivity index (χ1v) is 7.35. The van der Waals surface area contributed by atoms with Gasteiger partial charge >= 0.3 is 5.97 Å². The Morgan fingerprint density at radius 3 is 2.52 bits per heavy atom. The van der Waals surface area contributed by atoms with E-state index in [4.69, 9.17) is 4.74 Å². The standard InChI is InChI=1S/C16H23FN2O2/c1-4-19(14-9-5-12(17)6-10-14)11-16(2,15(20)21-3)18-13-7-8-13/h5-6,9-10,13,18H,4,7-8,11H2,1-3H3. The van der Waals surface area contributed by atoms with E-state index in [1.807, 2.05) is 18.7 Å². The lowest BCUT2D eigenvalue weighted by Gasteiger charge is -2.35. The molecule has 1 N–H and O–H groups in total. The summed E-state index contributed by atoms with van der Waals surface area (Å²) in [6.07, 6.45) is 2.19. The van der Waals surface area contributed by atoms with Gasteiger partial charge in [0.05, 0.1) is 7.11 Å². The molecule has 1 aromatic rings. The third-order valence-corrected chi connectivity index (χ3v) is 3.82. The Labute approximate surface area is 125 Å². The van der Waals surface area contributed by atoms with Gasteiger partial charge < -0.3 is 9.64 Å². The zero-order valence-corrected chi connectivity index (χ0v) is 12.9. The van der Waals surface area contributed by atoms with Gasteiger partial charge in [-0.1, -0.05) is 0 Å². The average molecular weight is 294 g/mol. The summed E-state index contributed by atoms with van der Waals surface area (Å²) in [5, 5.41) is 3.37. The van der Waals surface area contributed by atoms with Gasteiger partial charge in [0.25, 0.3) is 0 Å². The van der Waals surface area contributed by atoms with Crippen LogP contribution in [0.15, 0.2) is 24.3 Å². The van der Waals surface area contributed by atoms with Crippen molar-refractivity contribution < 1.29 is 13.9 Å². The molecule has 4 nitrogen and oxygen atoms in total. The number of hydrogen-bond donors (Lipinski definition) is 1. The van der Waals surface area contributed by atoms with Crippen molar-refractivity contribution in [3.05, 3.63) is 30.1 Å². The van der Waals surface area contributed by atoms with E-state index < -0.39 is 5.54 Å². The molecule has 116 valence electrons. The second-order valence-corrected chi connectivity index (χ2v) is 5.73. The Morgan fingerprint density at radius 1 is 1.43 bits per heavy atom. The number of ether oxygens (including phenoxy) is 1. The van der Waals surface area contributed by atoms with Crippen molar-refractivity contribution in [1.82, 2.24) is 5.32 Å². The van der Waals surface area contributed by atoms with Crippen LogP contribution >= 0.6 is 0 Å². The summed E-state index contributed by atoms with van der Waals surface area (Å²) in [7, 11) is 1.41. The fourth-order valence-corrected chi connectivity index (χ4v) is 2.49. The molecule has 1 saturated carbocycles. The normalized spacial score (nSPS) is 17.1. The quantitative estimate of drug-likeness (QED) is 0.784. The fourth-order valence-electron chi connectivity index (χ4n) is 2.49. The van der Waals surface area contributed by atoms with E-state index in [0.29, 0.717) is 12.6 Å². The van der Waals surface area contributed by atoms with Crippen LogP contribution in [0.4, 0.5) is 10.1 Å². The molecule has 1 aliphatic carbocycles. The number of hydrogen-bond acceptors (Lipinski definition) is 4. The van der Waals surface area contributed by atoms with Crippen LogP contribution in [0.2, 0.25) is 0 Å². The second kappa shape index (κ2) is 6.43. The number of esters is 1. The molecule has 2 rings (SSSR count). The van der Waals surface area contributed by atoms with Crippen molar-refractivity contribution in [1.29, 1.82) is 0 Å². The van der Waals surface area contributed by atoms with Crippen LogP contribution in [0.5, 0.6) is 0 Å². The van der Waals surface area contributed by atoms with Crippen LogP contribution in [-0.2, 0) is 9.53 Å². The minimum absolute atomic E-state index is 0.262. The molecule has 0 radical (unpaired) electrons. The van der Waals surface area contributed by atoms with Crippen molar-refractivity contribution in [3.8, 4) is 0 Å². The highest BCUT2D eigenvalue weighted by Crippen LogP contribution is 2.25. The number of nitrogens with zero attached hydrogens (tertiary/aromatic N) is 1. The van der Waals surface area contributed by atoms with Gasteiger partial charge in [0.2, 0.25) is 0 Å². The molecule has 21 heavy (non-hydrogen) atoms. The zero-order chi connectivity index (χ0) is 15.5. The molecule has 1 aliphatic rings. The molecule has 1 aromatic carbocycles. The van der Waals surface area contributed by atoms with E-state index in [9.17, 15) is 9.18 Å². The van der Waals surface area contributed by atoms with Crippen LogP contribution in [0.25, 0.3) is 0 Å². The minimum Gasteiger partial charge on any atom is -0.468 e. The molecule has 1 unspecified atom stereocenters. The van der Waals surface area contributed by atoms with Crippen LogP contribution in [0, 0.1) is 5.82 Å². The number of nitrogens with one attached hydrogen (secondary N) is 1. The Balaban J connectivity index is 2.15. The Morgan fingerprint density at radius 2 is 2.05 bits per heavy atom. The number of benzene rings is 1. The van der Waals surface area contributed by atoms with Gasteiger partial charge in [-0.05, 0) is 51.0 Å². The molecule has 0 heterocycles. The molecule has 0 aliphatic heterocycles. The van der Waals surface area contributed by atoms with Crippen molar-refractivity contribution in [2.75, 3.05) is 25.1 Å². The summed E-state index contributed by atoms with van der Waals surface area (Å²) < 4.78 is 18.0. The summed E-state index contributed by atoms with van der Waals surface area (Å²) in [5.41, 5.74) is 0.131. The maximum absolute atomic E-state index is 13.1. The molecule has 0 saturated heterocycles. The summed E-state index contributed by atoms with van der Waals surface area (Å²) in [6, 6.07) is 6.71. The van der Waals surface area contributed by atoms with Gasteiger partial charge in [-0.25, -0.2) is 9.18 Å². The summed E-state index contributed by atoms with van der Waals surface area (Å²) in [5.74, 6) is -0.531. The van der Waals surface area contributed by atoms with Crippen LogP contribution < -0.4 is 10.2 Å². The van der Waals surface area contributed by atoms with Crippen LogP contribution in [0.1, 0.15) is 26.7 Å². The van der Waals surface area contributed by atoms with Crippen molar-refractivity contribution in [3.63, 3.8) is 0 Å². The van der Waals surface area contributed by atoms with Crippen molar-refractivity contribution >= 4 is 11.7 Å². The van der Waals surface area contributed by atoms with Gasteiger partial charge in [-0.15, -0.1) is 0 Å². The minimum atomic E-state index is -0.764. The van der Waals surface area contributed by atoms with E-state index in [1.165, 1.54) is 19.2 Å². The molecule has 0 bridgehead atoms. The van der Waals surface area contributed by atoms with Gasteiger partial charge in [0.1, 0.15) is 11.4 Å². The highest BCUT2D eigenvalue weighted by molar-refractivity contribution is 5.81. The lowest BCUT2D eigenvalue weighted by atomic mass is 10.0. The summed E-state index contributed by atoms with van der Waals surface area (Å²) in [4.78, 5) is 14.2. The maximum Gasteiger partial charge on any atom is 0.327 e. The second-order valence-electron chi connectivity index (χ2n) is 5.73. The lowest BCUT2D eigenvalue weighted by molar-refractivity contribution is -0.147. The monoisotopic (exact) mass is 294 g/mol. The van der Waals surface area contributed by atoms with Crippen LogP contribution in [0.3, 0.4) is 0 Å². The first-order valence-electron chi connectivity index (χ1n) is 7.35. The third-order valence-electron chi connectivity index (χ3n) is 3.82. The molecule has 5 heteroatoms. The maximum atomic E-state index is 13.1. The van der Waals surface area contributed by atoms with E-state index in [-0.39, 0.29) is 11.8 Å². The molecular formula is C16H23FN2O2. The number of anilines is 1. The van der Waals surface area contributed by atoms with Crippen LogP contribution in [-0.4, -0.2) is 37.7 Å². The average Bonchev–Trinajstić information content (AvgIpc) is 3.28. The van der Waals surface area contributed by atoms with Gasteiger partial charge in [-0.2, -0.15) is 0 Å². The summed E-state index contributed by atoms with van der Waals surface area (Å²) in [6.45, 7) is 5.09. The molecule has 1 fully saturated rings. The van der Waals surface area contributed by atoms with Gasteiger partial charge in [0.15, 0.2) is 0 Å². The topological polar surface area (TPSA) is 41.6 Å². The smallest absolute Gasteiger partial charge is 0.327 e. The number of halogens is 1. The zero-order valence-electron chi connectivity index (χ0n) is 12.9. The Bertz CT molecular complexity index is 488. The highest BCUT2D eigenvalue weighted by atomic mass is 19.1. The molecule has 0 amide bonds. The highest BCUT2D eigenvalue weighted by Gasteiger charge is 2.40. The van der Waals surface area contributed by atoms with E-state index in [0.717, 1.165) is 25.1 Å². The number of methoxy groups -OCH3 is 1. The molecular weight excluding hydrogens is 271 g/mol. The SMILES string of the molecule is CCN(CC(C)(NC1CC1)C(=O)OC)c1ccc(F)cc1. The van der Waals surface area contributed by atoms with Crippen molar-refractivity contribution in [2.24, 2.45) is 0 Å². The molecule has 1 atom stereocenters. The molecule has 0 spiro atoms. The number of rotatable bonds is 7. The first-order chi connectivity index (χ1) is 9.98. The summed E-state index contributed by atoms with van der Waals surface area (Å²) >= 11 is 0. The van der Waals surface area contributed by atoms with Crippen molar-refractivity contribution in [2.45, 2.75) is 38.3 Å². The fraction of sp³-hybridized carbons (Fsp3) is 0.562. The van der Waals surface area contributed by atoms with Gasteiger partial charge in [0, 0.05) is 24.8 Å². The molecule has 0 aromatic heterocycles. The number of carbonyl (C=O) groups excluding carboxylic acids is 1. The Kier molecular flexibility index (Phi) is 4.83. The Hall–Kier alpha value is -1.62. The van der Waals surface area contributed by atoms with Gasteiger partial charge in [-0.3, -0.25) is 5.32 Å². The largest absolute Gasteiger partial charge is 0.468 e. The predicted octanol–water partition coefficient (Wildman–Crippen LogP) is 2.34. The van der Waals surface area contributed by atoms with E-state index in [2.05, 4.69) is 5.32 Å². The lowest BCUT2D eigenvalue weighted by Crippen LogP contribution is -2.58. The number of carbonyl (C=O) groups is 1. The van der Waals surface area contributed by atoms with E-state index >= 15 is 0 Å². The predicted molar refractivity (Wildman–Crippen MR) is 80.9 cm³/mol. The first kappa shape index (κ1) is 15.8.